The summed E-state index contributed by atoms with van der Waals surface area (Å²) >= 11 is 1.43. The van der Waals surface area contributed by atoms with Crippen LogP contribution in [0.25, 0.3) is 5.00 Å². The van der Waals surface area contributed by atoms with Crippen molar-refractivity contribution in [1.82, 2.24) is 14.8 Å². The highest BCUT2D eigenvalue weighted by Gasteiger charge is 2.40. The van der Waals surface area contributed by atoms with Crippen molar-refractivity contribution < 1.29 is 18.3 Å². The Balaban J connectivity index is 1.80. The van der Waals surface area contributed by atoms with E-state index in [4.69, 9.17) is 9.73 Å². The molecule has 0 fully saturated rings. The molecule has 160 valence electrons. The maximum Gasteiger partial charge on any atom is 0.314 e. The summed E-state index contributed by atoms with van der Waals surface area (Å²) in [5.74, 6) is -0.768. The standard InChI is InChI=1S/C22H20F2N4O2S/c1-4-30-22(29)13-9-8-12-16-18(17-14(23)6-5-7-15(17)24)25-10(2)20-27-26-11(3)28(20)21(16)31-19(12)13/h5-7,10,13H,4,8-9H2,1-3H3/t10-,13?/m0/s1. The largest absolute Gasteiger partial charge is 0.465 e. The number of esters is 1. The van der Waals surface area contributed by atoms with Crippen molar-refractivity contribution >= 4 is 23.0 Å². The minimum Gasteiger partial charge on any atom is -0.465 e. The maximum absolute atomic E-state index is 14.9. The average Bonchev–Trinajstić information content (AvgIpc) is 3.37. The Kier molecular flexibility index (Phi) is 4.73. The molecule has 6 nitrogen and oxygen atoms in total. The second-order valence-corrected chi connectivity index (χ2v) is 8.69. The lowest BCUT2D eigenvalue weighted by Crippen LogP contribution is -2.12. The van der Waals surface area contributed by atoms with Gasteiger partial charge in [0, 0.05) is 10.4 Å². The first-order valence-corrected chi connectivity index (χ1v) is 11.0. The van der Waals surface area contributed by atoms with Crippen LogP contribution in [-0.2, 0) is 16.0 Å². The van der Waals surface area contributed by atoms with Gasteiger partial charge < -0.3 is 4.74 Å². The molecule has 2 atom stereocenters. The molecule has 2 aliphatic rings. The topological polar surface area (TPSA) is 69.4 Å². The molecule has 3 aromatic rings. The number of carbonyl (C=O) groups is 1. The quantitative estimate of drug-likeness (QED) is 0.563. The summed E-state index contributed by atoms with van der Waals surface area (Å²) in [6.45, 7) is 5.73. The van der Waals surface area contributed by atoms with E-state index in [1.165, 1.54) is 29.5 Å². The minimum absolute atomic E-state index is 0.160. The van der Waals surface area contributed by atoms with Gasteiger partial charge in [-0.25, -0.2) is 8.78 Å². The first-order chi connectivity index (χ1) is 14.9. The van der Waals surface area contributed by atoms with Crippen molar-refractivity contribution in [3.8, 4) is 5.00 Å². The van der Waals surface area contributed by atoms with Crippen LogP contribution in [0.5, 0.6) is 0 Å². The number of hydrogen-bond acceptors (Lipinski definition) is 6. The van der Waals surface area contributed by atoms with E-state index in [-0.39, 0.29) is 17.2 Å². The number of aliphatic imine (C=N–C) groups is 1. The summed E-state index contributed by atoms with van der Waals surface area (Å²) < 4.78 is 36.9. The van der Waals surface area contributed by atoms with E-state index in [1.54, 1.807) is 6.92 Å². The monoisotopic (exact) mass is 442 g/mol. The second kappa shape index (κ2) is 7.33. The number of aromatic nitrogens is 3. The lowest BCUT2D eigenvalue weighted by molar-refractivity contribution is -0.144. The molecule has 0 bridgehead atoms. The number of rotatable bonds is 3. The van der Waals surface area contributed by atoms with Crippen molar-refractivity contribution in [2.24, 2.45) is 4.99 Å². The maximum atomic E-state index is 14.9. The molecule has 0 N–H and O–H groups in total. The van der Waals surface area contributed by atoms with Crippen molar-refractivity contribution in [2.45, 2.75) is 45.6 Å². The number of thiophene rings is 1. The number of aryl methyl sites for hydroxylation is 1. The lowest BCUT2D eigenvalue weighted by Gasteiger charge is -2.11. The Morgan fingerprint density at radius 3 is 2.71 bits per heavy atom. The van der Waals surface area contributed by atoms with Gasteiger partial charge in [0.25, 0.3) is 0 Å². The number of fused-ring (bicyclic) bond motifs is 5. The molecule has 3 heterocycles. The second-order valence-electron chi connectivity index (χ2n) is 7.66. The average molecular weight is 442 g/mol. The van der Waals surface area contributed by atoms with Crippen LogP contribution in [0.15, 0.2) is 23.2 Å². The fourth-order valence-electron chi connectivity index (χ4n) is 4.42. The Hall–Kier alpha value is -2.94. The zero-order valence-corrected chi connectivity index (χ0v) is 18.1. The third-order valence-corrected chi connectivity index (χ3v) is 7.11. The summed E-state index contributed by atoms with van der Waals surface area (Å²) in [7, 11) is 0. The molecule has 0 radical (unpaired) electrons. The van der Waals surface area contributed by atoms with E-state index in [0.717, 1.165) is 15.4 Å². The van der Waals surface area contributed by atoms with Crippen LogP contribution in [0.1, 0.15) is 65.4 Å². The molecule has 0 spiro atoms. The molecular formula is C22H20F2N4O2S. The summed E-state index contributed by atoms with van der Waals surface area (Å²) in [5.41, 5.74) is 1.65. The molecular weight excluding hydrogens is 422 g/mol. The van der Waals surface area contributed by atoms with Crippen molar-refractivity contribution in [1.29, 1.82) is 0 Å². The summed E-state index contributed by atoms with van der Waals surface area (Å²) in [6.07, 6.45) is 1.20. The fraction of sp³-hybridized carbons (Fsp3) is 0.364. The molecule has 5 rings (SSSR count). The summed E-state index contributed by atoms with van der Waals surface area (Å²) in [6, 6.07) is 3.35. The van der Waals surface area contributed by atoms with Crippen LogP contribution in [-0.4, -0.2) is 33.1 Å². The lowest BCUT2D eigenvalue weighted by atomic mass is 9.98. The van der Waals surface area contributed by atoms with E-state index in [1.807, 2.05) is 18.4 Å². The first-order valence-electron chi connectivity index (χ1n) is 10.2. The number of hydrogen-bond donors (Lipinski definition) is 0. The molecule has 1 unspecified atom stereocenters. The van der Waals surface area contributed by atoms with Gasteiger partial charge in [-0.3, -0.25) is 14.4 Å². The Bertz CT molecular complexity index is 1230. The summed E-state index contributed by atoms with van der Waals surface area (Å²) in [4.78, 5) is 18.2. The fourth-order valence-corrected chi connectivity index (χ4v) is 5.95. The van der Waals surface area contributed by atoms with E-state index in [0.29, 0.717) is 36.7 Å². The molecule has 0 saturated carbocycles. The SMILES string of the molecule is CCOC(=O)C1CCc2c1sc1c2C(c2c(F)cccc2F)=N[C@@H](C)c2nnc(C)n2-1. The third-order valence-electron chi connectivity index (χ3n) is 5.78. The highest BCUT2D eigenvalue weighted by molar-refractivity contribution is 7.15. The van der Waals surface area contributed by atoms with Crippen LogP contribution in [0, 0.1) is 18.6 Å². The zero-order chi connectivity index (χ0) is 21.9. The Morgan fingerprint density at radius 1 is 1.26 bits per heavy atom. The number of nitrogens with zero attached hydrogens (tertiary/aromatic N) is 4. The van der Waals surface area contributed by atoms with Gasteiger partial charge in [0.15, 0.2) is 5.82 Å². The highest BCUT2D eigenvalue weighted by atomic mass is 32.1. The Labute approximate surface area is 181 Å². The van der Waals surface area contributed by atoms with Gasteiger partial charge in [-0.15, -0.1) is 21.5 Å². The normalized spacial score (nSPS) is 19.3. The predicted molar refractivity (Wildman–Crippen MR) is 112 cm³/mol. The molecule has 1 aromatic carbocycles. The molecule has 1 aliphatic carbocycles. The van der Waals surface area contributed by atoms with Crippen molar-refractivity contribution in [3.63, 3.8) is 0 Å². The molecule has 9 heteroatoms. The summed E-state index contributed by atoms with van der Waals surface area (Å²) in [5, 5.41) is 9.21. The van der Waals surface area contributed by atoms with Crippen LogP contribution < -0.4 is 0 Å². The Morgan fingerprint density at radius 2 is 2.00 bits per heavy atom. The van der Waals surface area contributed by atoms with Crippen LogP contribution in [0.4, 0.5) is 8.78 Å². The third kappa shape index (κ3) is 2.94. The van der Waals surface area contributed by atoms with Gasteiger partial charge in [-0.2, -0.15) is 0 Å². The number of carbonyl (C=O) groups excluding carboxylic acids is 1. The van der Waals surface area contributed by atoms with Gasteiger partial charge in [0.05, 0.1) is 23.8 Å². The van der Waals surface area contributed by atoms with E-state index in [2.05, 4.69) is 10.2 Å². The van der Waals surface area contributed by atoms with E-state index in [9.17, 15) is 13.6 Å². The minimum atomic E-state index is -0.675. The van der Waals surface area contributed by atoms with Gasteiger partial charge in [0.1, 0.15) is 28.5 Å². The van der Waals surface area contributed by atoms with Crippen molar-refractivity contribution in [2.75, 3.05) is 6.61 Å². The van der Waals surface area contributed by atoms with Crippen LogP contribution in [0.3, 0.4) is 0 Å². The number of halogens is 2. The van der Waals surface area contributed by atoms with Crippen LogP contribution >= 0.6 is 11.3 Å². The van der Waals surface area contributed by atoms with Gasteiger partial charge >= 0.3 is 5.97 Å². The van der Waals surface area contributed by atoms with E-state index < -0.39 is 23.6 Å². The van der Waals surface area contributed by atoms with Crippen molar-refractivity contribution in [3.05, 3.63) is 63.0 Å². The molecule has 0 saturated heterocycles. The van der Waals surface area contributed by atoms with Crippen LogP contribution in [0.2, 0.25) is 0 Å². The molecule has 0 amide bonds. The predicted octanol–water partition coefficient (Wildman–Crippen LogP) is 4.42. The zero-order valence-electron chi connectivity index (χ0n) is 17.3. The van der Waals surface area contributed by atoms with E-state index >= 15 is 0 Å². The van der Waals surface area contributed by atoms with Gasteiger partial charge in [-0.1, -0.05) is 6.07 Å². The smallest absolute Gasteiger partial charge is 0.314 e. The number of ether oxygens (including phenoxy) is 1. The molecule has 31 heavy (non-hydrogen) atoms. The first kappa shape index (κ1) is 20.0. The van der Waals surface area contributed by atoms with Gasteiger partial charge in [-0.05, 0) is 51.3 Å². The molecule has 1 aliphatic heterocycles. The highest BCUT2D eigenvalue weighted by Crippen LogP contribution is 2.47. The van der Waals surface area contributed by atoms with Gasteiger partial charge in [0.2, 0.25) is 0 Å². The molecule has 2 aromatic heterocycles. The number of benzene rings is 1.